The molecule has 84 valence electrons. The van der Waals surface area contributed by atoms with E-state index in [-0.39, 0.29) is 0 Å². The highest BCUT2D eigenvalue weighted by Gasteiger charge is 2.12. The van der Waals surface area contributed by atoms with E-state index >= 15 is 0 Å². The Morgan fingerprint density at radius 2 is 2.20 bits per heavy atom. The molecule has 0 atom stereocenters. The number of hydrogen-bond acceptors (Lipinski definition) is 5. The maximum absolute atomic E-state index is 5.08. The number of hydrogen-bond donors (Lipinski definition) is 1. The van der Waals surface area contributed by atoms with Crippen LogP contribution in [0.15, 0.2) is 4.52 Å². The van der Waals surface area contributed by atoms with E-state index in [1.54, 1.807) is 0 Å². The molecular formula is C10H18N4O. The zero-order chi connectivity index (χ0) is 10.5. The molecule has 1 fully saturated rings. The van der Waals surface area contributed by atoms with Crippen LogP contribution in [0.4, 0.5) is 0 Å². The van der Waals surface area contributed by atoms with Gasteiger partial charge in [0.1, 0.15) is 0 Å². The quantitative estimate of drug-likeness (QED) is 0.763. The lowest BCUT2D eigenvalue weighted by atomic mass is 10.4. The molecular weight excluding hydrogens is 192 g/mol. The first-order valence-corrected chi connectivity index (χ1v) is 5.57. The molecule has 5 heteroatoms. The Morgan fingerprint density at radius 1 is 1.40 bits per heavy atom. The van der Waals surface area contributed by atoms with E-state index in [1.165, 1.54) is 25.9 Å². The molecule has 1 saturated heterocycles. The fourth-order valence-electron chi connectivity index (χ4n) is 1.88. The lowest BCUT2D eigenvalue weighted by molar-refractivity contribution is 0.333. The van der Waals surface area contributed by atoms with E-state index in [4.69, 9.17) is 4.52 Å². The van der Waals surface area contributed by atoms with E-state index in [1.807, 2.05) is 7.05 Å². The molecule has 1 aromatic heterocycles. The van der Waals surface area contributed by atoms with E-state index in [0.29, 0.717) is 12.4 Å². The summed E-state index contributed by atoms with van der Waals surface area (Å²) in [7, 11) is 1.87. The van der Waals surface area contributed by atoms with Gasteiger partial charge in [-0.3, -0.25) is 0 Å². The van der Waals surface area contributed by atoms with Crippen LogP contribution >= 0.6 is 0 Å². The first-order chi connectivity index (χ1) is 7.38. The highest BCUT2D eigenvalue weighted by Crippen LogP contribution is 2.08. The van der Waals surface area contributed by atoms with Crippen molar-refractivity contribution in [1.82, 2.24) is 20.4 Å². The molecule has 1 aliphatic heterocycles. The van der Waals surface area contributed by atoms with Crippen molar-refractivity contribution in [1.29, 1.82) is 0 Å². The first kappa shape index (κ1) is 10.6. The Morgan fingerprint density at radius 3 is 2.93 bits per heavy atom. The molecule has 0 amide bonds. The molecule has 2 rings (SSSR count). The van der Waals surface area contributed by atoms with Gasteiger partial charge in [-0.05, 0) is 33.0 Å². The summed E-state index contributed by atoms with van der Waals surface area (Å²) in [6.45, 7) is 4.15. The fraction of sp³-hybridized carbons (Fsp3) is 0.800. The van der Waals surface area contributed by atoms with Gasteiger partial charge in [-0.15, -0.1) is 0 Å². The second kappa shape index (κ2) is 5.23. The van der Waals surface area contributed by atoms with E-state index in [9.17, 15) is 0 Å². The predicted molar refractivity (Wildman–Crippen MR) is 56.4 cm³/mol. The van der Waals surface area contributed by atoms with Gasteiger partial charge < -0.3 is 14.7 Å². The molecule has 1 N–H and O–H groups in total. The van der Waals surface area contributed by atoms with Gasteiger partial charge in [-0.25, -0.2) is 0 Å². The van der Waals surface area contributed by atoms with Crippen LogP contribution < -0.4 is 5.32 Å². The summed E-state index contributed by atoms with van der Waals surface area (Å²) in [4.78, 5) is 6.75. The van der Waals surface area contributed by atoms with Crippen LogP contribution in [0.25, 0.3) is 0 Å². The summed E-state index contributed by atoms with van der Waals surface area (Å²) < 4.78 is 5.08. The molecule has 5 nitrogen and oxygen atoms in total. The summed E-state index contributed by atoms with van der Waals surface area (Å²) >= 11 is 0. The van der Waals surface area contributed by atoms with Crippen LogP contribution in [-0.2, 0) is 13.0 Å². The Kier molecular flexibility index (Phi) is 3.69. The van der Waals surface area contributed by atoms with E-state index in [2.05, 4.69) is 20.4 Å². The average Bonchev–Trinajstić information content (AvgIpc) is 2.85. The van der Waals surface area contributed by atoms with Crippen molar-refractivity contribution in [3.8, 4) is 0 Å². The topological polar surface area (TPSA) is 54.2 Å². The molecule has 0 bridgehead atoms. The second-order valence-corrected chi connectivity index (χ2v) is 3.93. The third-order valence-corrected chi connectivity index (χ3v) is 2.69. The number of aromatic nitrogens is 2. The molecule has 0 unspecified atom stereocenters. The molecule has 1 aromatic rings. The third kappa shape index (κ3) is 3.00. The number of nitrogens with one attached hydrogen (secondary N) is 1. The standard InChI is InChI=1S/C10H18N4O/c1-11-8-10-12-9(13-15-10)4-7-14-5-2-3-6-14/h11H,2-8H2,1H3. The smallest absolute Gasteiger partial charge is 0.240 e. The van der Waals surface area contributed by atoms with Crippen molar-refractivity contribution in [2.75, 3.05) is 26.7 Å². The Balaban J connectivity index is 1.77. The second-order valence-electron chi connectivity index (χ2n) is 3.93. The van der Waals surface area contributed by atoms with Crippen molar-refractivity contribution in [2.24, 2.45) is 0 Å². The summed E-state index contributed by atoms with van der Waals surface area (Å²) in [5.74, 6) is 1.50. The summed E-state index contributed by atoms with van der Waals surface area (Å²) in [6.07, 6.45) is 3.56. The van der Waals surface area contributed by atoms with Gasteiger partial charge in [0.05, 0.1) is 6.54 Å². The zero-order valence-corrected chi connectivity index (χ0v) is 9.20. The first-order valence-electron chi connectivity index (χ1n) is 5.57. The number of nitrogens with zero attached hydrogens (tertiary/aromatic N) is 3. The van der Waals surface area contributed by atoms with Crippen LogP contribution in [0.5, 0.6) is 0 Å². The zero-order valence-electron chi connectivity index (χ0n) is 9.20. The predicted octanol–water partition coefficient (Wildman–Crippen LogP) is 0.427. The van der Waals surface area contributed by atoms with Crippen molar-refractivity contribution < 1.29 is 4.52 Å². The maximum Gasteiger partial charge on any atom is 0.240 e. The van der Waals surface area contributed by atoms with E-state index in [0.717, 1.165) is 18.8 Å². The largest absolute Gasteiger partial charge is 0.338 e. The van der Waals surface area contributed by atoms with Crippen LogP contribution in [0, 0.1) is 0 Å². The van der Waals surface area contributed by atoms with Gasteiger partial charge in [0.15, 0.2) is 5.82 Å². The van der Waals surface area contributed by atoms with E-state index < -0.39 is 0 Å². The SMILES string of the molecule is CNCc1nc(CCN2CCCC2)no1. The highest BCUT2D eigenvalue weighted by atomic mass is 16.5. The van der Waals surface area contributed by atoms with Gasteiger partial charge in [-0.2, -0.15) is 4.98 Å². The lowest BCUT2D eigenvalue weighted by Gasteiger charge is -2.11. The minimum absolute atomic E-state index is 0.650. The minimum Gasteiger partial charge on any atom is -0.338 e. The van der Waals surface area contributed by atoms with Crippen LogP contribution in [0.2, 0.25) is 0 Å². The molecule has 0 aromatic carbocycles. The van der Waals surface area contributed by atoms with Gasteiger partial charge in [0.25, 0.3) is 0 Å². The number of likely N-dealkylation sites (tertiary alicyclic amines) is 1. The van der Waals surface area contributed by atoms with Crippen LogP contribution in [-0.4, -0.2) is 41.7 Å². The summed E-state index contributed by atoms with van der Waals surface area (Å²) in [5, 5.41) is 6.93. The molecule has 0 saturated carbocycles. The maximum atomic E-state index is 5.08. The van der Waals surface area contributed by atoms with Crippen molar-refractivity contribution in [3.05, 3.63) is 11.7 Å². The fourth-order valence-corrected chi connectivity index (χ4v) is 1.88. The minimum atomic E-state index is 0.650. The van der Waals surface area contributed by atoms with Gasteiger partial charge in [0.2, 0.25) is 5.89 Å². The molecule has 1 aliphatic rings. The van der Waals surface area contributed by atoms with Crippen molar-refractivity contribution >= 4 is 0 Å². The molecule has 15 heavy (non-hydrogen) atoms. The molecule has 2 heterocycles. The number of rotatable bonds is 5. The van der Waals surface area contributed by atoms with Crippen molar-refractivity contribution in [3.63, 3.8) is 0 Å². The Hall–Kier alpha value is -0.940. The molecule has 0 spiro atoms. The normalized spacial score (nSPS) is 17.4. The van der Waals surface area contributed by atoms with Crippen LogP contribution in [0.1, 0.15) is 24.6 Å². The Labute approximate surface area is 89.8 Å². The van der Waals surface area contributed by atoms with Gasteiger partial charge >= 0.3 is 0 Å². The van der Waals surface area contributed by atoms with Crippen LogP contribution in [0.3, 0.4) is 0 Å². The third-order valence-electron chi connectivity index (χ3n) is 2.69. The average molecular weight is 210 g/mol. The van der Waals surface area contributed by atoms with Crippen molar-refractivity contribution in [2.45, 2.75) is 25.8 Å². The van der Waals surface area contributed by atoms with Gasteiger partial charge in [-0.1, -0.05) is 5.16 Å². The monoisotopic (exact) mass is 210 g/mol. The lowest BCUT2D eigenvalue weighted by Crippen LogP contribution is -2.22. The summed E-state index contributed by atoms with van der Waals surface area (Å²) in [6, 6.07) is 0. The highest BCUT2D eigenvalue weighted by molar-refractivity contribution is 4.87. The molecule has 0 aliphatic carbocycles. The van der Waals surface area contributed by atoms with Gasteiger partial charge in [0, 0.05) is 13.0 Å². The summed E-state index contributed by atoms with van der Waals surface area (Å²) in [5.41, 5.74) is 0. The molecule has 0 radical (unpaired) electrons. The Bertz CT molecular complexity index is 293.